The second kappa shape index (κ2) is 6.62. The molecule has 1 aromatic rings. The zero-order valence-electron chi connectivity index (χ0n) is 10.2. The third kappa shape index (κ3) is 4.48. The lowest BCUT2D eigenvalue weighted by molar-refractivity contribution is 0.671. The fourth-order valence-corrected chi connectivity index (χ4v) is 1.60. The smallest absolute Gasteiger partial charge is 0.000835 e. The minimum atomic E-state index is 0.636. The molecule has 0 atom stereocenters. The van der Waals surface area contributed by atoms with Crippen molar-refractivity contribution < 1.29 is 0 Å². The zero-order chi connectivity index (χ0) is 11.1. The van der Waals surface area contributed by atoms with Crippen LogP contribution in [0.15, 0.2) is 24.3 Å². The van der Waals surface area contributed by atoms with E-state index >= 15 is 0 Å². The Morgan fingerprint density at radius 2 is 1.73 bits per heavy atom. The first kappa shape index (κ1) is 12.3. The van der Waals surface area contributed by atoms with Crippen molar-refractivity contribution in [2.45, 2.75) is 39.5 Å². The zero-order valence-corrected chi connectivity index (χ0v) is 10.2. The highest BCUT2D eigenvalue weighted by Crippen LogP contribution is 2.14. The molecule has 84 valence electrons. The van der Waals surface area contributed by atoms with Gasteiger partial charge in [0.1, 0.15) is 0 Å². The Morgan fingerprint density at radius 1 is 1.07 bits per heavy atom. The summed E-state index contributed by atoms with van der Waals surface area (Å²) in [6.45, 7) is 8.89. The average Bonchev–Trinajstić information content (AvgIpc) is 2.25. The van der Waals surface area contributed by atoms with Crippen LogP contribution in [0.5, 0.6) is 0 Å². The van der Waals surface area contributed by atoms with Crippen LogP contribution in [-0.4, -0.2) is 13.1 Å². The Morgan fingerprint density at radius 3 is 2.27 bits per heavy atom. The van der Waals surface area contributed by atoms with Gasteiger partial charge < -0.3 is 5.32 Å². The highest BCUT2D eigenvalue weighted by Gasteiger charge is 1.98. The van der Waals surface area contributed by atoms with Crippen LogP contribution in [0.2, 0.25) is 0 Å². The summed E-state index contributed by atoms with van der Waals surface area (Å²) < 4.78 is 0. The first-order valence-corrected chi connectivity index (χ1v) is 6.03. The first-order chi connectivity index (χ1) is 7.24. The van der Waals surface area contributed by atoms with Crippen LogP contribution >= 0.6 is 0 Å². The average molecular weight is 205 g/mol. The van der Waals surface area contributed by atoms with E-state index in [1.54, 1.807) is 0 Å². The Balaban J connectivity index is 2.36. The van der Waals surface area contributed by atoms with Gasteiger partial charge in [0.15, 0.2) is 0 Å². The molecule has 0 unspecified atom stereocenters. The lowest BCUT2D eigenvalue weighted by Crippen LogP contribution is -2.17. The molecule has 0 saturated heterocycles. The molecule has 0 amide bonds. The maximum atomic E-state index is 3.42. The van der Waals surface area contributed by atoms with Gasteiger partial charge >= 0.3 is 0 Å². The van der Waals surface area contributed by atoms with E-state index in [-0.39, 0.29) is 0 Å². The van der Waals surface area contributed by atoms with Gasteiger partial charge in [-0.2, -0.15) is 0 Å². The normalized spacial score (nSPS) is 10.9. The molecule has 0 spiro atoms. The van der Waals surface area contributed by atoms with Crippen molar-refractivity contribution in [2.24, 2.45) is 0 Å². The van der Waals surface area contributed by atoms with E-state index < -0.39 is 0 Å². The minimum absolute atomic E-state index is 0.636. The highest BCUT2D eigenvalue weighted by atomic mass is 14.8. The molecule has 0 aliphatic carbocycles. The number of hydrogen-bond donors (Lipinski definition) is 1. The third-order valence-electron chi connectivity index (χ3n) is 2.66. The molecular weight excluding hydrogens is 182 g/mol. The number of rotatable bonds is 6. The van der Waals surface area contributed by atoms with Gasteiger partial charge in [-0.05, 0) is 43.0 Å². The molecule has 0 radical (unpaired) electrons. The number of benzene rings is 1. The molecule has 1 nitrogen and oxygen atoms in total. The fraction of sp³-hybridized carbons (Fsp3) is 0.571. The summed E-state index contributed by atoms with van der Waals surface area (Å²) >= 11 is 0. The Labute approximate surface area is 93.9 Å². The first-order valence-electron chi connectivity index (χ1n) is 6.03. The van der Waals surface area contributed by atoms with Crippen molar-refractivity contribution in [3.8, 4) is 0 Å². The Hall–Kier alpha value is -0.820. The van der Waals surface area contributed by atoms with E-state index in [0.29, 0.717) is 5.92 Å². The lowest BCUT2D eigenvalue weighted by atomic mass is 10.0. The highest BCUT2D eigenvalue weighted by molar-refractivity contribution is 5.24. The van der Waals surface area contributed by atoms with E-state index in [2.05, 4.69) is 50.4 Å². The van der Waals surface area contributed by atoms with E-state index in [1.807, 2.05) is 0 Å². The summed E-state index contributed by atoms with van der Waals surface area (Å²) in [5.74, 6) is 0.636. The van der Waals surface area contributed by atoms with Crippen LogP contribution in [0, 0.1) is 0 Å². The molecule has 0 aliphatic heterocycles. The molecule has 0 saturated carbocycles. The van der Waals surface area contributed by atoms with Gasteiger partial charge in [-0.1, -0.05) is 45.0 Å². The van der Waals surface area contributed by atoms with Crippen LogP contribution in [-0.2, 0) is 6.42 Å². The molecule has 15 heavy (non-hydrogen) atoms. The SMILES string of the molecule is CCCNCCc1ccc(C(C)C)cc1. The van der Waals surface area contributed by atoms with E-state index in [9.17, 15) is 0 Å². The quantitative estimate of drug-likeness (QED) is 0.702. The molecule has 1 heteroatoms. The molecule has 0 fully saturated rings. The van der Waals surface area contributed by atoms with Crippen LogP contribution in [0.3, 0.4) is 0 Å². The summed E-state index contributed by atoms with van der Waals surface area (Å²) in [4.78, 5) is 0. The number of hydrogen-bond acceptors (Lipinski definition) is 1. The van der Waals surface area contributed by atoms with E-state index in [0.717, 1.165) is 19.5 Å². The van der Waals surface area contributed by atoms with Crippen molar-refractivity contribution in [2.75, 3.05) is 13.1 Å². The Bertz CT molecular complexity index is 261. The summed E-state index contributed by atoms with van der Waals surface area (Å²) in [6, 6.07) is 9.01. The lowest BCUT2D eigenvalue weighted by Gasteiger charge is -2.07. The van der Waals surface area contributed by atoms with Crippen molar-refractivity contribution in [1.82, 2.24) is 5.32 Å². The minimum Gasteiger partial charge on any atom is -0.316 e. The van der Waals surface area contributed by atoms with Crippen LogP contribution in [0.25, 0.3) is 0 Å². The molecule has 1 N–H and O–H groups in total. The fourth-order valence-electron chi connectivity index (χ4n) is 1.60. The maximum Gasteiger partial charge on any atom is -0.000835 e. The molecule has 1 aromatic carbocycles. The van der Waals surface area contributed by atoms with Gasteiger partial charge in [-0.3, -0.25) is 0 Å². The van der Waals surface area contributed by atoms with Crippen LogP contribution in [0.1, 0.15) is 44.2 Å². The van der Waals surface area contributed by atoms with Gasteiger partial charge in [0, 0.05) is 0 Å². The summed E-state index contributed by atoms with van der Waals surface area (Å²) in [7, 11) is 0. The molecule has 0 heterocycles. The van der Waals surface area contributed by atoms with Gasteiger partial charge in [-0.25, -0.2) is 0 Å². The predicted octanol–water partition coefficient (Wildman–Crippen LogP) is 3.35. The molecule has 0 aromatic heterocycles. The molecule has 1 rings (SSSR count). The molecular formula is C14H23N. The van der Waals surface area contributed by atoms with Crippen LogP contribution in [0.4, 0.5) is 0 Å². The standard InChI is InChI=1S/C14H23N/c1-4-10-15-11-9-13-5-7-14(8-6-13)12(2)3/h5-8,12,15H,4,9-11H2,1-3H3. The van der Waals surface area contributed by atoms with Crippen molar-refractivity contribution in [1.29, 1.82) is 0 Å². The summed E-state index contributed by atoms with van der Waals surface area (Å²) in [5.41, 5.74) is 2.86. The number of nitrogens with one attached hydrogen (secondary N) is 1. The van der Waals surface area contributed by atoms with Gasteiger partial charge in [0.25, 0.3) is 0 Å². The van der Waals surface area contributed by atoms with Crippen molar-refractivity contribution in [3.05, 3.63) is 35.4 Å². The monoisotopic (exact) mass is 205 g/mol. The van der Waals surface area contributed by atoms with E-state index in [1.165, 1.54) is 17.5 Å². The van der Waals surface area contributed by atoms with Gasteiger partial charge in [-0.15, -0.1) is 0 Å². The van der Waals surface area contributed by atoms with Crippen LogP contribution < -0.4 is 5.32 Å². The van der Waals surface area contributed by atoms with E-state index in [4.69, 9.17) is 0 Å². The third-order valence-corrected chi connectivity index (χ3v) is 2.66. The largest absolute Gasteiger partial charge is 0.316 e. The summed E-state index contributed by atoms with van der Waals surface area (Å²) in [6.07, 6.45) is 2.35. The molecule has 0 aliphatic rings. The molecule has 0 bridgehead atoms. The van der Waals surface area contributed by atoms with Crippen molar-refractivity contribution >= 4 is 0 Å². The second-order valence-corrected chi connectivity index (χ2v) is 4.40. The predicted molar refractivity (Wildman–Crippen MR) is 67.4 cm³/mol. The Kier molecular flexibility index (Phi) is 5.41. The van der Waals surface area contributed by atoms with Gasteiger partial charge in [0.05, 0.1) is 0 Å². The van der Waals surface area contributed by atoms with Crippen molar-refractivity contribution in [3.63, 3.8) is 0 Å². The maximum absolute atomic E-state index is 3.42. The topological polar surface area (TPSA) is 12.0 Å². The second-order valence-electron chi connectivity index (χ2n) is 4.40. The summed E-state index contributed by atoms with van der Waals surface area (Å²) in [5, 5.41) is 3.42. The van der Waals surface area contributed by atoms with Gasteiger partial charge in [0.2, 0.25) is 0 Å².